The van der Waals surface area contributed by atoms with Gasteiger partial charge < -0.3 is 10.2 Å². The monoisotopic (exact) mass is 187 g/mol. The Bertz CT molecular complexity index is 314. The second-order valence-electron chi connectivity index (χ2n) is 2.09. The number of rotatable bonds is 1. The van der Waals surface area contributed by atoms with Gasteiger partial charge in [0.2, 0.25) is 0 Å². The van der Waals surface area contributed by atoms with Crippen molar-refractivity contribution in [2.75, 3.05) is 5.32 Å². The fourth-order valence-electron chi connectivity index (χ4n) is 0.721. The van der Waals surface area contributed by atoms with E-state index in [2.05, 4.69) is 5.32 Å². The highest BCUT2D eigenvalue weighted by molar-refractivity contribution is 6.33. The zero-order valence-corrected chi connectivity index (χ0v) is 6.67. The predicted octanol–water partition coefficient (Wildman–Crippen LogP) is 2.14. The first-order valence-electron chi connectivity index (χ1n) is 3.08. The van der Waals surface area contributed by atoms with Crippen LogP contribution in [0.25, 0.3) is 0 Å². The van der Waals surface area contributed by atoms with E-state index >= 15 is 0 Å². The molecule has 0 atom stereocenters. The molecule has 0 radical (unpaired) electrons. The van der Waals surface area contributed by atoms with Crippen LogP contribution in [0.15, 0.2) is 18.2 Å². The van der Waals surface area contributed by atoms with E-state index in [1.807, 2.05) is 0 Å². The summed E-state index contributed by atoms with van der Waals surface area (Å²) >= 11 is 5.59. The number of carbonyl (C=O) groups is 1. The van der Waals surface area contributed by atoms with Gasteiger partial charge in [-0.05, 0) is 12.1 Å². The van der Waals surface area contributed by atoms with Crippen LogP contribution >= 0.6 is 11.6 Å². The quantitative estimate of drug-likeness (QED) is 0.590. The minimum absolute atomic E-state index is 0.00376. The lowest BCUT2D eigenvalue weighted by Gasteiger charge is -2.02. The maximum Gasteiger partial charge on any atom is 0.409 e. The predicted molar refractivity (Wildman–Crippen MR) is 44.8 cm³/mol. The van der Waals surface area contributed by atoms with Crippen molar-refractivity contribution in [2.24, 2.45) is 0 Å². The molecule has 0 heterocycles. The summed E-state index contributed by atoms with van der Waals surface area (Å²) in [4.78, 5) is 10.2. The number of anilines is 1. The Morgan fingerprint density at radius 3 is 2.67 bits per heavy atom. The standard InChI is InChI=1S/C7H6ClNO3/c8-5-3-4(10)1-2-6(5)9-7(11)12/h1-3,9-10H,(H,11,12). The van der Waals surface area contributed by atoms with Crippen LogP contribution in [-0.2, 0) is 0 Å². The number of hydrogen-bond acceptors (Lipinski definition) is 2. The smallest absolute Gasteiger partial charge is 0.409 e. The Hall–Kier alpha value is -1.42. The molecule has 3 N–H and O–H groups in total. The van der Waals surface area contributed by atoms with Crippen LogP contribution in [0.2, 0.25) is 5.02 Å². The highest BCUT2D eigenvalue weighted by atomic mass is 35.5. The highest BCUT2D eigenvalue weighted by Gasteiger charge is 2.03. The molecule has 12 heavy (non-hydrogen) atoms. The van der Waals surface area contributed by atoms with Crippen molar-refractivity contribution in [3.63, 3.8) is 0 Å². The molecular weight excluding hydrogens is 182 g/mol. The molecule has 0 aliphatic rings. The van der Waals surface area contributed by atoms with Gasteiger partial charge in [-0.15, -0.1) is 0 Å². The third kappa shape index (κ3) is 2.03. The van der Waals surface area contributed by atoms with Crippen molar-refractivity contribution in [3.8, 4) is 5.75 Å². The molecule has 0 fully saturated rings. The van der Waals surface area contributed by atoms with Gasteiger partial charge in [0, 0.05) is 6.07 Å². The van der Waals surface area contributed by atoms with E-state index in [4.69, 9.17) is 21.8 Å². The lowest BCUT2D eigenvalue weighted by Crippen LogP contribution is -2.07. The summed E-state index contributed by atoms with van der Waals surface area (Å²) in [5.41, 5.74) is 0.252. The summed E-state index contributed by atoms with van der Waals surface area (Å²) < 4.78 is 0. The minimum atomic E-state index is -1.19. The van der Waals surface area contributed by atoms with Gasteiger partial charge >= 0.3 is 6.09 Å². The molecule has 0 aliphatic carbocycles. The molecule has 64 valence electrons. The molecule has 0 saturated carbocycles. The average molecular weight is 188 g/mol. The van der Waals surface area contributed by atoms with E-state index in [-0.39, 0.29) is 16.5 Å². The van der Waals surface area contributed by atoms with Gasteiger partial charge in [-0.3, -0.25) is 5.32 Å². The van der Waals surface area contributed by atoms with Gasteiger partial charge in [0.1, 0.15) is 5.75 Å². The van der Waals surface area contributed by atoms with Crippen LogP contribution < -0.4 is 5.32 Å². The maximum absolute atomic E-state index is 10.2. The molecule has 0 unspecified atom stereocenters. The number of phenols is 1. The van der Waals surface area contributed by atoms with Gasteiger partial charge in [0.25, 0.3) is 0 Å². The van der Waals surface area contributed by atoms with Crippen molar-refractivity contribution in [2.45, 2.75) is 0 Å². The zero-order chi connectivity index (χ0) is 9.14. The summed E-state index contributed by atoms with van der Waals surface area (Å²) in [5.74, 6) is -0.00376. The molecule has 0 bridgehead atoms. The van der Waals surface area contributed by atoms with E-state index in [9.17, 15) is 4.79 Å². The number of amides is 1. The van der Waals surface area contributed by atoms with Crippen LogP contribution in [0.1, 0.15) is 0 Å². The molecule has 0 spiro atoms. The van der Waals surface area contributed by atoms with E-state index < -0.39 is 6.09 Å². The number of aromatic hydroxyl groups is 1. The van der Waals surface area contributed by atoms with Crippen molar-refractivity contribution in [1.29, 1.82) is 0 Å². The number of halogens is 1. The van der Waals surface area contributed by atoms with Gasteiger partial charge in [0.05, 0.1) is 10.7 Å². The summed E-state index contributed by atoms with van der Waals surface area (Å²) in [6.45, 7) is 0. The van der Waals surface area contributed by atoms with Crippen LogP contribution in [-0.4, -0.2) is 16.3 Å². The molecule has 1 aromatic carbocycles. The van der Waals surface area contributed by atoms with Gasteiger partial charge in [-0.1, -0.05) is 11.6 Å². The normalized spacial score (nSPS) is 9.42. The Morgan fingerprint density at radius 2 is 2.17 bits per heavy atom. The Labute approximate surface area is 73.4 Å². The van der Waals surface area contributed by atoms with Crippen LogP contribution in [0, 0.1) is 0 Å². The number of carboxylic acid groups (broad SMARTS) is 1. The first kappa shape index (κ1) is 8.67. The molecule has 0 aliphatic heterocycles. The Balaban J connectivity index is 2.93. The van der Waals surface area contributed by atoms with Crippen molar-refractivity contribution < 1.29 is 15.0 Å². The molecule has 0 saturated heterocycles. The van der Waals surface area contributed by atoms with E-state index in [1.165, 1.54) is 18.2 Å². The fourth-order valence-corrected chi connectivity index (χ4v) is 0.943. The lowest BCUT2D eigenvalue weighted by atomic mass is 10.3. The van der Waals surface area contributed by atoms with E-state index in [1.54, 1.807) is 0 Å². The first-order chi connectivity index (χ1) is 5.59. The van der Waals surface area contributed by atoms with Crippen molar-refractivity contribution >= 4 is 23.4 Å². The minimum Gasteiger partial charge on any atom is -0.508 e. The summed E-state index contributed by atoms with van der Waals surface area (Å²) in [6.07, 6.45) is -1.19. The number of hydrogen-bond donors (Lipinski definition) is 3. The average Bonchev–Trinajstić information content (AvgIpc) is 1.94. The molecule has 1 rings (SSSR count). The Kier molecular flexibility index (Phi) is 2.40. The van der Waals surface area contributed by atoms with Crippen LogP contribution in [0.4, 0.5) is 10.5 Å². The van der Waals surface area contributed by atoms with Crippen LogP contribution in [0.3, 0.4) is 0 Å². The number of nitrogens with one attached hydrogen (secondary N) is 1. The molecule has 5 heteroatoms. The van der Waals surface area contributed by atoms with Crippen LogP contribution in [0.5, 0.6) is 5.75 Å². The Morgan fingerprint density at radius 1 is 1.50 bits per heavy atom. The zero-order valence-electron chi connectivity index (χ0n) is 5.91. The largest absolute Gasteiger partial charge is 0.508 e. The number of phenolic OH excluding ortho intramolecular Hbond substituents is 1. The lowest BCUT2D eigenvalue weighted by molar-refractivity contribution is 0.209. The molecule has 4 nitrogen and oxygen atoms in total. The molecular formula is C7H6ClNO3. The second kappa shape index (κ2) is 3.32. The van der Waals surface area contributed by atoms with E-state index in [0.717, 1.165) is 0 Å². The topological polar surface area (TPSA) is 69.6 Å². The number of benzene rings is 1. The third-order valence-corrected chi connectivity index (χ3v) is 1.51. The highest BCUT2D eigenvalue weighted by Crippen LogP contribution is 2.25. The molecule has 1 amide bonds. The summed E-state index contributed by atoms with van der Waals surface area (Å²) in [5, 5.41) is 19.5. The molecule has 0 aromatic heterocycles. The van der Waals surface area contributed by atoms with Crippen molar-refractivity contribution in [1.82, 2.24) is 0 Å². The third-order valence-electron chi connectivity index (χ3n) is 1.19. The fraction of sp³-hybridized carbons (Fsp3) is 0. The first-order valence-corrected chi connectivity index (χ1v) is 3.46. The SMILES string of the molecule is O=C(O)Nc1ccc(O)cc1Cl. The van der Waals surface area contributed by atoms with Gasteiger partial charge in [-0.25, -0.2) is 4.79 Å². The van der Waals surface area contributed by atoms with Gasteiger partial charge in [-0.2, -0.15) is 0 Å². The van der Waals surface area contributed by atoms with E-state index in [0.29, 0.717) is 0 Å². The van der Waals surface area contributed by atoms with Gasteiger partial charge in [0.15, 0.2) is 0 Å². The summed E-state index contributed by atoms with van der Waals surface area (Å²) in [7, 11) is 0. The van der Waals surface area contributed by atoms with Crippen molar-refractivity contribution in [3.05, 3.63) is 23.2 Å². The molecule has 1 aromatic rings. The summed E-state index contributed by atoms with van der Waals surface area (Å²) in [6, 6.07) is 3.98. The second-order valence-corrected chi connectivity index (χ2v) is 2.50. The maximum atomic E-state index is 10.2.